The quantitative estimate of drug-likeness (QED) is 0.304. The molecule has 0 radical (unpaired) electrons. The largest absolute Gasteiger partial charge is 0.387 e. The minimum atomic E-state index is -1.65. The predicted molar refractivity (Wildman–Crippen MR) is 154 cm³/mol. The van der Waals surface area contributed by atoms with Gasteiger partial charge in [0.1, 0.15) is 12.2 Å². The Balaban J connectivity index is 1.29. The van der Waals surface area contributed by atoms with E-state index in [4.69, 9.17) is 0 Å². The molecule has 10 nitrogen and oxygen atoms in total. The lowest BCUT2D eigenvalue weighted by Crippen LogP contribution is -2.56. The number of carbonyl (C=O) groups excluding carboxylic acids is 2. The zero-order valence-corrected chi connectivity index (χ0v) is 23.9. The van der Waals surface area contributed by atoms with Crippen LogP contribution in [0.5, 0.6) is 0 Å². The van der Waals surface area contributed by atoms with Crippen molar-refractivity contribution in [1.82, 2.24) is 25.2 Å². The average Bonchev–Trinajstić information content (AvgIpc) is 3.70. The van der Waals surface area contributed by atoms with Crippen molar-refractivity contribution in [1.29, 1.82) is 5.26 Å². The Morgan fingerprint density at radius 3 is 2.52 bits per heavy atom. The Morgan fingerprint density at radius 1 is 1.17 bits per heavy atom. The minimum absolute atomic E-state index is 0.185. The first-order chi connectivity index (χ1) is 20.0. The van der Waals surface area contributed by atoms with E-state index in [-0.39, 0.29) is 29.0 Å². The van der Waals surface area contributed by atoms with E-state index in [0.29, 0.717) is 28.7 Å². The van der Waals surface area contributed by atoms with Crippen molar-refractivity contribution < 1.29 is 19.1 Å². The maximum atomic E-state index is 14.5. The van der Waals surface area contributed by atoms with Crippen LogP contribution in [-0.4, -0.2) is 61.4 Å². The third-order valence-electron chi connectivity index (χ3n) is 9.29. The van der Waals surface area contributed by atoms with Gasteiger partial charge in [0.2, 0.25) is 5.91 Å². The average molecular weight is 574 g/mol. The second-order valence-electron chi connectivity index (χ2n) is 12.8. The van der Waals surface area contributed by atoms with Crippen molar-refractivity contribution in [3.63, 3.8) is 0 Å². The number of amides is 2. The Hall–Kier alpha value is -4.04. The highest BCUT2D eigenvalue weighted by Crippen LogP contribution is 2.54. The Labute approximate surface area is 243 Å². The molecule has 0 saturated heterocycles. The van der Waals surface area contributed by atoms with Crippen molar-refractivity contribution in [2.75, 3.05) is 11.9 Å². The van der Waals surface area contributed by atoms with E-state index in [0.717, 1.165) is 56.9 Å². The molecule has 4 aliphatic rings. The summed E-state index contributed by atoms with van der Waals surface area (Å²) in [6.07, 6.45) is 8.16. The van der Waals surface area contributed by atoms with Crippen LogP contribution in [0.2, 0.25) is 0 Å². The summed E-state index contributed by atoms with van der Waals surface area (Å²) in [7, 11) is 0. The number of pyridine rings is 1. The highest BCUT2D eigenvalue weighted by Gasteiger charge is 2.53. The SMILES string of the molecule is CC(C)(O)[C@H](F)CNC(=O)c1cnc(-c2ccc3cc(C#N)cnn23)cc1NC12CCC(C(=O)NC3CC3)(CC1)CC2. The third-order valence-corrected chi connectivity index (χ3v) is 9.29. The van der Waals surface area contributed by atoms with Crippen LogP contribution in [0, 0.1) is 16.7 Å². The van der Waals surface area contributed by atoms with E-state index in [1.165, 1.54) is 26.2 Å². The monoisotopic (exact) mass is 573 g/mol. The molecule has 3 aromatic heterocycles. The first-order valence-corrected chi connectivity index (χ1v) is 14.6. The molecular formula is C31H36FN7O3. The van der Waals surface area contributed by atoms with Crippen molar-refractivity contribution >= 4 is 23.0 Å². The zero-order valence-electron chi connectivity index (χ0n) is 23.9. The summed E-state index contributed by atoms with van der Waals surface area (Å²) in [5.74, 6) is -0.314. The van der Waals surface area contributed by atoms with Gasteiger partial charge in [-0.25, -0.2) is 8.91 Å². The molecule has 4 N–H and O–H groups in total. The number of hydrogen-bond acceptors (Lipinski definition) is 7. The molecule has 42 heavy (non-hydrogen) atoms. The molecule has 0 spiro atoms. The number of nitriles is 1. The number of anilines is 1. The van der Waals surface area contributed by atoms with Gasteiger partial charge in [0.05, 0.1) is 52.1 Å². The van der Waals surface area contributed by atoms with Crippen LogP contribution in [-0.2, 0) is 4.79 Å². The summed E-state index contributed by atoms with van der Waals surface area (Å²) in [4.78, 5) is 31.0. The van der Waals surface area contributed by atoms with E-state index < -0.39 is 17.7 Å². The number of aromatic nitrogens is 3. The van der Waals surface area contributed by atoms with E-state index in [1.807, 2.05) is 18.2 Å². The molecule has 2 bridgehead atoms. The summed E-state index contributed by atoms with van der Waals surface area (Å²) in [5, 5.41) is 33.1. The summed E-state index contributed by atoms with van der Waals surface area (Å²) < 4.78 is 16.1. The number of nitrogens with one attached hydrogen (secondary N) is 3. The van der Waals surface area contributed by atoms with E-state index >= 15 is 0 Å². The van der Waals surface area contributed by atoms with Crippen LogP contribution in [0.15, 0.2) is 36.7 Å². The normalized spacial score (nSPS) is 24.2. The Bertz CT molecular complexity index is 1560. The maximum absolute atomic E-state index is 14.5. The molecule has 7 rings (SSSR count). The van der Waals surface area contributed by atoms with E-state index in [9.17, 15) is 24.3 Å². The highest BCUT2D eigenvalue weighted by atomic mass is 19.1. The summed E-state index contributed by atoms with van der Waals surface area (Å²) in [6, 6.07) is 9.69. The number of carbonyl (C=O) groups is 2. The second-order valence-corrected chi connectivity index (χ2v) is 12.8. The van der Waals surface area contributed by atoms with Crippen molar-refractivity contribution in [3.8, 4) is 17.5 Å². The number of nitrogens with zero attached hydrogens (tertiary/aromatic N) is 4. The number of hydrogen-bond donors (Lipinski definition) is 4. The molecule has 220 valence electrons. The fourth-order valence-corrected chi connectivity index (χ4v) is 6.23. The molecule has 3 aromatic rings. The smallest absolute Gasteiger partial charge is 0.255 e. The molecular weight excluding hydrogens is 537 g/mol. The van der Waals surface area contributed by atoms with Crippen LogP contribution in [0.4, 0.5) is 10.1 Å². The van der Waals surface area contributed by atoms with Crippen LogP contribution in [0.1, 0.15) is 81.1 Å². The van der Waals surface area contributed by atoms with E-state index in [1.54, 1.807) is 10.6 Å². The number of rotatable bonds is 9. The van der Waals surface area contributed by atoms with Gasteiger partial charge in [0, 0.05) is 23.2 Å². The molecule has 0 aliphatic heterocycles. The van der Waals surface area contributed by atoms with Crippen LogP contribution < -0.4 is 16.0 Å². The highest BCUT2D eigenvalue weighted by molar-refractivity contribution is 6.00. The minimum Gasteiger partial charge on any atom is -0.387 e. The molecule has 4 fully saturated rings. The first kappa shape index (κ1) is 28.1. The predicted octanol–water partition coefficient (Wildman–Crippen LogP) is 3.89. The van der Waals surface area contributed by atoms with Gasteiger partial charge in [-0.15, -0.1) is 0 Å². The van der Waals surface area contributed by atoms with Gasteiger partial charge in [0.15, 0.2) is 0 Å². The number of alkyl halides is 1. The number of fused-ring (bicyclic) bond motifs is 4. The van der Waals surface area contributed by atoms with Gasteiger partial charge in [-0.3, -0.25) is 14.6 Å². The van der Waals surface area contributed by atoms with Crippen LogP contribution >= 0.6 is 0 Å². The van der Waals surface area contributed by atoms with Crippen molar-refractivity contribution in [2.45, 2.75) is 88.6 Å². The fourth-order valence-electron chi connectivity index (χ4n) is 6.23. The Morgan fingerprint density at radius 2 is 1.88 bits per heavy atom. The fraction of sp³-hybridized carbons (Fsp3) is 0.516. The molecule has 0 unspecified atom stereocenters. The summed E-state index contributed by atoms with van der Waals surface area (Å²) in [6.45, 7) is 2.37. The van der Waals surface area contributed by atoms with Crippen LogP contribution in [0.25, 0.3) is 16.9 Å². The van der Waals surface area contributed by atoms with Crippen LogP contribution in [0.3, 0.4) is 0 Å². The number of halogens is 1. The molecule has 4 aliphatic carbocycles. The van der Waals surface area contributed by atoms with Gasteiger partial charge in [-0.2, -0.15) is 10.4 Å². The molecule has 4 saturated carbocycles. The van der Waals surface area contributed by atoms with Crippen molar-refractivity contribution in [3.05, 3.63) is 47.8 Å². The standard InChI is InChI=1S/C31H36FN7O3/c1-29(2,42)26(32)18-35-27(40)22-17-34-24(25-6-5-21-13-19(15-33)16-36-39(21)25)14-23(22)38-31-10-7-30(8-11-31,9-12-31)28(41)37-20-3-4-20/h5-6,13-14,16-17,20,26,42H,3-4,7-12,18H2,1-2H3,(H,34,38)(H,35,40)(H,37,41)/t26-,30?,31?/m1/s1. The lowest BCUT2D eigenvalue weighted by molar-refractivity contribution is -0.137. The molecule has 3 heterocycles. The first-order valence-electron chi connectivity index (χ1n) is 14.6. The Kier molecular flexibility index (Phi) is 6.92. The van der Waals surface area contributed by atoms with Gasteiger partial charge < -0.3 is 21.1 Å². The molecule has 0 aromatic carbocycles. The molecule has 1 atom stereocenters. The third kappa shape index (κ3) is 5.31. The lowest BCUT2D eigenvalue weighted by atomic mass is 9.56. The summed E-state index contributed by atoms with van der Waals surface area (Å²) >= 11 is 0. The zero-order chi connectivity index (χ0) is 29.7. The molecule has 2 amide bonds. The second kappa shape index (κ2) is 10.3. The van der Waals surface area contributed by atoms with E-state index in [2.05, 4.69) is 32.1 Å². The maximum Gasteiger partial charge on any atom is 0.255 e. The van der Waals surface area contributed by atoms with Crippen molar-refractivity contribution in [2.24, 2.45) is 5.41 Å². The lowest BCUT2D eigenvalue weighted by Gasteiger charge is -2.53. The van der Waals surface area contributed by atoms with Gasteiger partial charge in [-0.1, -0.05) is 0 Å². The topological polar surface area (TPSA) is 144 Å². The summed E-state index contributed by atoms with van der Waals surface area (Å²) in [5.41, 5.74) is 1.09. The van der Waals surface area contributed by atoms with Gasteiger partial charge >= 0.3 is 0 Å². The van der Waals surface area contributed by atoms with Gasteiger partial charge in [0.25, 0.3) is 5.91 Å². The molecule has 11 heteroatoms. The number of aliphatic hydroxyl groups is 1. The van der Waals surface area contributed by atoms with Gasteiger partial charge in [-0.05, 0) is 89.5 Å².